The van der Waals surface area contributed by atoms with Crippen molar-refractivity contribution >= 4 is 55.5 Å². The summed E-state index contributed by atoms with van der Waals surface area (Å²) in [4.78, 5) is 23.9. The smallest absolute Gasteiger partial charge is 0.247 e. The van der Waals surface area contributed by atoms with Gasteiger partial charge in [0.2, 0.25) is 11.9 Å². The monoisotopic (exact) mass is 496 g/mol. The van der Waals surface area contributed by atoms with Crippen LogP contribution in [0.25, 0.3) is 22.2 Å². The van der Waals surface area contributed by atoms with Gasteiger partial charge in [-0.25, -0.2) is 19.0 Å². The van der Waals surface area contributed by atoms with Gasteiger partial charge in [-0.15, -0.1) is 0 Å². The number of H-pyrrole nitrogens is 1. The first-order valence-corrected chi connectivity index (χ1v) is 12.3. The minimum atomic E-state index is -2.89. The molecule has 0 radical (unpaired) electrons. The van der Waals surface area contributed by atoms with Crippen LogP contribution in [0.1, 0.15) is 0 Å². The SMILES string of the molecule is C=CC(=O)Nc1ccc2c(-c3nc(Nc4ccc(S(C)(=N)=O)cc4OC)ncc3Cl)c[nH]c2c1. The van der Waals surface area contributed by atoms with E-state index in [9.17, 15) is 9.00 Å². The summed E-state index contributed by atoms with van der Waals surface area (Å²) in [5.41, 5.74) is 3.23. The summed E-state index contributed by atoms with van der Waals surface area (Å²) in [5, 5.41) is 7.03. The molecule has 0 spiro atoms. The van der Waals surface area contributed by atoms with Crippen molar-refractivity contribution in [2.24, 2.45) is 0 Å². The standard InChI is InChI=1S/C23H21ClN6O3S/c1-4-21(31)28-13-5-7-15-16(11-26-19(15)9-13)22-17(24)12-27-23(30-22)29-18-8-6-14(34(3,25)32)10-20(18)33-2/h4-12,25-26H,1H2,2-3H3,(H,28,31)(H,27,29,30). The number of rotatable bonds is 7. The second-order valence-corrected chi connectivity index (χ2v) is 9.94. The summed E-state index contributed by atoms with van der Waals surface area (Å²) >= 11 is 6.43. The van der Waals surface area contributed by atoms with E-state index < -0.39 is 9.73 Å². The first-order chi connectivity index (χ1) is 16.2. The van der Waals surface area contributed by atoms with Crippen LogP contribution in [0.15, 0.2) is 66.3 Å². The number of nitrogens with one attached hydrogen (secondary N) is 4. The third-order valence-corrected chi connectivity index (χ3v) is 6.43. The Morgan fingerprint density at radius 1 is 1.29 bits per heavy atom. The lowest BCUT2D eigenvalue weighted by molar-refractivity contribution is -0.111. The maximum atomic E-state index is 12.1. The predicted molar refractivity (Wildman–Crippen MR) is 134 cm³/mol. The predicted octanol–water partition coefficient (Wildman–Crippen LogP) is 5.19. The van der Waals surface area contributed by atoms with Crippen LogP contribution in [-0.4, -0.2) is 38.4 Å². The molecule has 9 nitrogen and oxygen atoms in total. The zero-order valence-electron chi connectivity index (χ0n) is 18.3. The van der Waals surface area contributed by atoms with Crippen molar-refractivity contribution in [3.63, 3.8) is 0 Å². The highest BCUT2D eigenvalue weighted by atomic mass is 35.5. The summed E-state index contributed by atoms with van der Waals surface area (Å²) in [6, 6.07) is 10.2. The van der Waals surface area contributed by atoms with Gasteiger partial charge in [-0.1, -0.05) is 24.2 Å². The van der Waals surface area contributed by atoms with E-state index in [0.29, 0.717) is 32.7 Å². The zero-order chi connectivity index (χ0) is 24.5. The second kappa shape index (κ2) is 9.16. The highest BCUT2D eigenvalue weighted by molar-refractivity contribution is 7.91. The van der Waals surface area contributed by atoms with E-state index in [1.165, 1.54) is 25.6 Å². The highest BCUT2D eigenvalue weighted by Gasteiger charge is 2.15. The van der Waals surface area contributed by atoms with E-state index in [2.05, 4.69) is 32.2 Å². The molecule has 0 bridgehead atoms. The van der Waals surface area contributed by atoms with E-state index in [1.807, 2.05) is 6.07 Å². The van der Waals surface area contributed by atoms with Crippen molar-refractivity contribution in [3.8, 4) is 17.0 Å². The van der Waals surface area contributed by atoms with Gasteiger partial charge in [-0.05, 0) is 36.4 Å². The number of hydrogen-bond donors (Lipinski definition) is 4. The quantitative estimate of drug-likeness (QED) is 0.260. The number of fused-ring (bicyclic) bond motifs is 1. The van der Waals surface area contributed by atoms with Crippen LogP contribution >= 0.6 is 11.6 Å². The van der Waals surface area contributed by atoms with E-state index in [0.717, 1.165) is 16.5 Å². The number of aromatic amines is 1. The molecule has 4 N–H and O–H groups in total. The van der Waals surface area contributed by atoms with Crippen molar-refractivity contribution in [3.05, 3.63) is 66.5 Å². The number of nitrogens with zero attached hydrogens (tertiary/aromatic N) is 2. The first kappa shape index (κ1) is 23.3. The van der Waals surface area contributed by atoms with Crippen LogP contribution in [-0.2, 0) is 14.5 Å². The average molecular weight is 497 g/mol. The minimum absolute atomic E-state index is 0.276. The fraction of sp³-hybridized carbons (Fsp3) is 0.0870. The third kappa shape index (κ3) is 4.73. The molecule has 1 unspecified atom stereocenters. The second-order valence-electron chi connectivity index (χ2n) is 7.38. The molecule has 4 rings (SSSR count). The molecule has 0 aliphatic rings. The number of carbonyl (C=O) groups excluding carboxylic acids is 1. The third-order valence-electron chi connectivity index (χ3n) is 5.00. The number of halogens is 1. The summed E-state index contributed by atoms with van der Waals surface area (Å²) in [6.45, 7) is 3.45. The van der Waals surface area contributed by atoms with Crippen molar-refractivity contribution in [1.29, 1.82) is 4.78 Å². The molecule has 0 aliphatic carbocycles. The summed E-state index contributed by atoms with van der Waals surface area (Å²) in [6.07, 6.45) is 5.83. The summed E-state index contributed by atoms with van der Waals surface area (Å²) < 4.78 is 25.2. The number of benzene rings is 2. The molecule has 0 saturated heterocycles. The lowest BCUT2D eigenvalue weighted by Gasteiger charge is -2.13. The molecule has 0 saturated carbocycles. The molecule has 1 amide bonds. The Hall–Kier alpha value is -3.89. The molecule has 11 heteroatoms. The van der Waals surface area contributed by atoms with Gasteiger partial charge in [0.05, 0.1) is 44.3 Å². The number of carbonyl (C=O) groups is 1. The Morgan fingerprint density at radius 2 is 2.09 bits per heavy atom. The average Bonchev–Trinajstić information content (AvgIpc) is 3.22. The van der Waals surface area contributed by atoms with Crippen molar-refractivity contribution in [2.45, 2.75) is 4.90 Å². The Kier molecular flexibility index (Phi) is 6.27. The Morgan fingerprint density at radius 3 is 2.79 bits per heavy atom. The molecule has 34 heavy (non-hydrogen) atoms. The van der Waals surface area contributed by atoms with E-state index in [-0.39, 0.29) is 11.9 Å². The van der Waals surface area contributed by atoms with Gasteiger partial charge < -0.3 is 20.4 Å². The lowest BCUT2D eigenvalue weighted by atomic mass is 10.1. The van der Waals surface area contributed by atoms with E-state index >= 15 is 0 Å². The van der Waals surface area contributed by atoms with E-state index in [4.69, 9.17) is 21.1 Å². The molecule has 2 aromatic heterocycles. The molecule has 0 fully saturated rings. The Labute approximate surface area is 201 Å². The van der Waals surface area contributed by atoms with Crippen LogP contribution in [0.3, 0.4) is 0 Å². The van der Waals surface area contributed by atoms with Crippen LogP contribution in [0.5, 0.6) is 5.75 Å². The number of aromatic nitrogens is 3. The normalized spacial score (nSPS) is 12.7. The minimum Gasteiger partial charge on any atom is -0.495 e. The van der Waals surface area contributed by atoms with Crippen LogP contribution < -0.4 is 15.4 Å². The van der Waals surface area contributed by atoms with Gasteiger partial charge in [0.1, 0.15) is 5.75 Å². The number of amides is 1. The Bertz CT molecular complexity index is 1530. The number of methoxy groups -OCH3 is 1. The van der Waals surface area contributed by atoms with Crippen molar-refractivity contribution in [1.82, 2.24) is 15.0 Å². The van der Waals surface area contributed by atoms with Gasteiger partial charge >= 0.3 is 0 Å². The van der Waals surface area contributed by atoms with Gasteiger partial charge in [-0.2, -0.15) is 0 Å². The maximum Gasteiger partial charge on any atom is 0.247 e. The molecule has 1 atom stereocenters. The van der Waals surface area contributed by atoms with Crippen LogP contribution in [0.2, 0.25) is 5.02 Å². The molecule has 2 aromatic carbocycles. The number of anilines is 3. The number of hydrogen-bond acceptors (Lipinski definition) is 7. The van der Waals surface area contributed by atoms with Crippen molar-refractivity contribution < 1.29 is 13.7 Å². The zero-order valence-corrected chi connectivity index (χ0v) is 19.9. The molecular weight excluding hydrogens is 476 g/mol. The molecular formula is C23H21ClN6O3S. The molecule has 2 heterocycles. The topological polar surface area (TPSA) is 133 Å². The van der Waals surface area contributed by atoms with Crippen LogP contribution in [0.4, 0.5) is 17.3 Å². The van der Waals surface area contributed by atoms with Gasteiger partial charge in [0.15, 0.2) is 0 Å². The Balaban J connectivity index is 1.69. The fourth-order valence-electron chi connectivity index (χ4n) is 3.35. The lowest BCUT2D eigenvalue weighted by Crippen LogP contribution is -2.06. The fourth-order valence-corrected chi connectivity index (χ4v) is 4.20. The molecule has 4 aromatic rings. The van der Waals surface area contributed by atoms with Crippen LogP contribution in [0, 0.1) is 4.78 Å². The first-order valence-electron chi connectivity index (χ1n) is 9.96. The van der Waals surface area contributed by atoms with Crippen molar-refractivity contribution in [2.75, 3.05) is 24.0 Å². The molecule has 0 aliphatic heterocycles. The largest absolute Gasteiger partial charge is 0.495 e. The van der Waals surface area contributed by atoms with Gasteiger partial charge in [0.25, 0.3) is 0 Å². The van der Waals surface area contributed by atoms with E-state index in [1.54, 1.807) is 36.5 Å². The molecule has 174 valence electrons. The highest BCUT2D eigenvalue weighted by Crippen LogP contribution is 2.35. The summed E-state index contributed by atoms with van der Waals surface area (Å²) in [7, 11) is -1.40. The number of ether oxygens (including phenoxy) is 1. The maximum absolute atomic E-state index is 12.1. The summed E-state index contributed by atoms with van der Waals surface area (Å²) in [5.74, 6) is 0.381. The van der Waals surface area contributed by atoms with Gasteiger partial charge in [0, 0.05) is 34.6 Å². The van der Waals surface area contributed by atoms with Gasteiger partial charge in [-0.3, -0.25) is 4.79 Å².